The molecule has 1 aliphatic heterocycles. The van der Waals surface area contributed by atoms with Gasteiger partial charge >= 0.3 is 0 Å². The summed E-state index contributed by atoms with van der Waals surface area (Å²) in [5.41, 5.74) is 0.879. The standard InChI is InChI=1S/C13H12ClN3O2S/c14-10-13(17-11(18)9-3-5-19-7-9)20-12(16-10)8-2-1-4-15-6-8/h1-2,4,6,9H,3,5,7H2,(H,17,18). The second-order valence-electron chi connectivity index (χ2n) is 4.43. The summed E-state index contributed by atoms with van der Waals surface area (Å²) in [5.74, 6) is -0.166. The van der Waals surface area contributed by atoms with Crippen LogP contribution in [0.25, 0.3) is 10.6 Å². The lowest BCUT2D eigenvalue weighted by atomic mass is 10.1. The summed E-state index contributed by atoms with van der Waals surface area (Å²) in [6.07, 6.45) is 4.16. The summed E-state index contributed by atoms with van der Waals surface area (Å²) in [5, 5.41) is 4.44. The van der Waals surface area contributed by atoms with E-state index >= 15 is 0 Å². The number of halogens is 1. The quantitative estimate of drug-likeness (QED) is 0.947. The molecular formula is C13H12ClN3O2S. The predicted octanol–water partition coefficient (Wildman–Crippen LogP) is 2.83. The smallest absolute Gasteiger partial charge is 0.230 e. The average Bonchev–Trinajstić information content (AvgIpc) is 3.10. The Hall–Kier alpha value is -1.50. The van der Waals surface area contributed by atoms with Gasteiger partial charge in [0, 0.05) is 24.6 Å². The number of pyridine rings is 1. The van der Waals surface area contributed by atoms with Gasteiger partial charge in [-0.3, -0.25) is 9.78 Å². The Morgan fingerprint density at radius 3 is 3.15 bits per heavy atom. The Labute approximate surface area is 125 Å². The second kappa shape index (κ2) is 5.87. The molecule has 0 bridgehead atoms. The van der Waals surface area contributed by atoms with Crippen molar-refractivity contribution in [2.75, 3.05) is 18.5 Å². The van der Waals surface area contributed by atoms with Crippen molar-refractivity contribution in [1.82, 2.24) is 9.97 Å². The lowest BCUT2D eigenvalue weighted by Crippen LogP contribution is -2.22. The topological polar surface area (TPSA) is 64.1 Å². The molecule has 0 aromatic carbocycles. The Morgan fingerprint density at radius 2 is 2.45 bits per heavy atom. The van der Waals surface area contributed by atoms with Gasteiger partial charge in [-0.2, -0.15) is 0 Å². The van der Waals surface area contributed by atoms with Crippen LogP contribution in [-0.4, -0.2) is 29.1 Å². The summed E-state index contributed by atoms with van der Waals surface area (Å²) in [6, 6.07) is 3.73. The fourth-order valence-corrected chi connectivity index (χ4v) is 3.09. The zero-order valence-electron chi connectivity index (χ0n) is 10.5. The van der Waals surface area contributed by atoms with E-state index in [1.165, 1.54) is 11.3 Å². The summed E-state index contributed by atoms with van der Waals surface area (Å²) in [6.45, 7) is 1.10. The van der Waals surface area contributed by atoms with Crippen molar-refractivity contribution in [2.45, 2.75) is 6.42 Å². The molecule has 1 amide bonds. The van der Waals surface area contributed by atoms with E-state index in [0.717, 1.165) is 17.0 Å². The van der Waals surface area contributed by atoms with Gasteiger partial charge in [0.25, 0.3) is 0 Å². The Bertz CT molecular complexity index is 611. The van der Waals surface area contributed by atoms with Gasteiger partial charge < -0.3 is 10.1 Å². The van der Waals surface area contributed by atoms with E-state index in [9.17, 15) is 4.79 Å². The molecular weight excluding hydrogens is 298 g/mol. The number of rotatable bonds is 3. The minimum absolute atomic E-state index is 0.0641. The summed E-state index contributed by atoms with van der Waals surface area (Å²) in [7, 11) is 0. The second-order valence-corrected chi connectivity index (χ2v) is 5.79. The van der Waals surface area contributed by atoms with Gasteiger partial charge in [0.05, 0.1) is 12.5 Å². The van der Waals surface area contributed by atoms with E-state index in [-0.39, 0.29) is 11.8 Å². The van der Waals surface area contributed by atoms with Gasteiger partial charge in [-0.25, -0.2) is 4.98 Å². The fraction of sp³-hybridized carbons (Fsp3) is 0.308. The summed E-state index contributed by atoms with van der Waals surface area (Å²) < 4.78 is 5.21. The SMILES string of the molecule is O=C(Nc1sc(-c2cccnc2)nc1Cl)C1CCOC1. The van der Waals surface area contributed by atoms with Crippen LogP contribution in [0.2, 0.25) is 5.15 Å². The third-order valence-corrected chi connectivity index (χ3v) is 4.44. The molecule has 1 atom stereocenters. The van der Waals surface area contributed by atoms with Crippen molar-refractivity contribution < 1.29 is 9.53 Å². The minimum atomic E-state index is -0.102. The highest BCUT2D eigenvalue weighted by Crippen LogP contribution is 2.35. The molecule has 1 fully saturated rings. The highest BCUT2D eigenvalue weighted by molar-refractivity contribution is 7.19. The zero-order chi connectivity index (χ0) is 13.9. The van der Waals surface area contributed by atoms with Crippen LogP contribution >= 0.6 is 22.9 Å². The molecule has 1 aliphatic rings. The van der Waals surface area contributed by atoms with Gasteiger partial charge in [0.2, 0.25) is 5.91 Å². The first-order chi connectivity index (χ1) is 9.74. The van der Waals surface area contributed by atoms with Crippen molar-refractivity contribution in [3.05, 3.63) is 29.7 Å². The Morgan fingerprint density at radius 1 is 1.55 bits per heavy atom. The van der Waals surface area contributed by atoms with Crippen molar-refractivity contribution in [2.24, 2.45) is 5.92 Å². The van der Waals surface area contributed by atoms with Gasteiger partial charge in [-0.1, -0.05) is 22.9 Å². The average molecular weight is 310 g/mol. The van der Waals surface area contributed by atoms with Crippen LogP contribution in [0.1, 0.15) is 6.42 Å². The molecule has 5 nitrogen and oxygen atoms in total. The molecule has 1 N–H and O–H groups in total. The number of hydrogen-bond acceptors (Lipinski definition) is 5. The zero-order valence-corrected chi connectivity index (χ0v) is 12.1. The molecule has 0 spiro atoms. The number of amides is 1. The predicted molar refractivity (Wildman–Crippen MR) is 77.9 cm³/mol. The number of ether oxygens (including phenoxy) is 1. The molecule has 7 heteroatoms. The van der Waals surface area contributed by atoms with Crippen LogP contribution in [0.3, 0.4) is 0 Å². The third kappa shape index (κ3) is 2.82. The molecule has 2 aromatic rings. The van der Waals surface area contributed by atoms with Gasteiger partial charge in [-0.15, -0.1) is 0 Å². The van der Waals surface area contributed by atoms with Crippen LogP contribution in [0.4, 0.5) is 5.00 Å². The van der Waals surface area contributed by atoms with E-state index in [4.69, 9.17) is 16.3 Å². The number of anilines is 1. The number of thiazole rings is 1. The van der Waals surface area contributed by atoms with Gasteiger partial charge in [0.15, 0.2) is 5.15 Å². The molecule has 2 aromatic heterocycles. The van der Waals surface area contributed by atoms with Crippen LogP contribution in [0.15, 0.2) is 24.5 Å². The van der Waals surface area contributed by atoms with Crippen LogP contribution in [-0.2, 0) is 9.53 Å². The Kier molecular flexibility index (Phi) is 3.95. The Balaban J connectivity index is 1.77. The first-order valence-corrected chi connectivity index (χ1v) is 7.39. The van der Waals surface area contributed by atoms with Crippen LogP contribution in [0, 0.1) is 5.92 Å². The number of aromatic nitrogens is 2. The summed E-state index contributed by atoms with van der Waals surface area (Å²) >= 11 is 7.42. The first kappa shape index (κ1) is 13.5. The molecule has 0 aliphatic carbocycles. The maximum absolute atomic E-state index is 12.0. The fourth-order valence-electron chi connectivity index (χ4n) is 1.95. The molecule has 3 rings (SSSR count). The van der Waals surface area contributed by atoms with Crippen molar-refractivity contribution in [3.63, 3.8) is 0 Å². The lowest BCUT2D eigenvalue weighted by molar-refractivity contribution is -0.119. The number of hydrogen-bond donors (Lipinski definition) is 1. The third-order valence-electron chi connectivity index (χ3n) is 3.03. The van der Waals surface area contributed by atoms with E-state index in [1.807, 2.05) is 12.1 Å². The molecule has 104 valence electrons. The molecule has 0 radical (unpaired) electrons. The van der Waals surface area contributed by atoms with Gasteiger partial charge in [-0.05, 0) is 18.6 Å². The first-order valence-electron chi connectivity index (χ1n) is 6.19. The molecule has 1 unspecified atom stereocenters. The lowest BCUT2D eigenvalue weighted by Gasteiger charge is -2.06. The number of carbonyl (C=O) groups excluding carboxylic acids is 1. The highest BCUT2D eigenvalue weighted by Gasteiger charge is 2.25. The van der Waals surface area contributed by atoms with E-state index in [2.05, 4.69) is 15.3 Å². The largest absolute Gasteiger partial charge is 0.381 e. The highest BCUT2D eigenvalue weighted by atomic mass is 35.5. The van der Waals surface area contributed by atoms with Gasteiger partial charge in [0.1, 0.15) is 10.0 Å². The number of carbonyl (C=O) groups is 1. The molecule has 1 saturated heterocycles. The van der Waals surface area contributed by atoms with Crippen molar-refractivity contribution >= 4 is 33.8 Å². The van der Waals surface area contributed by atoms with Crippen molar-refractivity contribution in [3.8, 4) is 10.6 Å². The van der Waals surface area contributed by atoms with Crippen molar-refractivity contribution in [1.29, 1.82) is 0 Å². The maximum atomic E-state index is 12.0. The van der Waals surface area contributed by atoms with E-state index in [0.29, 0.717) is 23.4 Å². The number of nitrogens with zero attached hydrogens (tertiary/aromatic N) is 2. The number of nitrogens with one attached hydrogen (secondary N) is 1. The molecule has 3 heterocycles. The minimum Gasteiger partial charge on any atom is -0.381 e. The monoisotopic (exact) mass is 309 g/mol. The normalized spacial score (nSPS) is 18.1. The van der Waals surface area contributed by atoms with Crippen LogP contribution < -0.4 is 5.32 Å². The molecule has 20 heavy (non-hydrogen) atoms. The molecule has 0 saturated carbocycles. The van der Waals surface area contributed by atoms with E-state index in [1.54, 1.807) is 12.4 Å². The van der Waals surface area contributed by atoms with E-state index < -0.39 is 0 Å². The maximum Gasteiger partial charge on any atom is 0.230 e. The summed E-state index contributed by atoms with van der Waals surface area (Å²) in [4.78, 5) is 20.3. The van der Waals surface area contributed by atoms with Crippen LogP contribution in [0.5, 0.6) is 0 Å².